The quantitative estimate of drug-likeness (QED) is 0.429. The zero-order valence-corrected chi connectivity index (χ0v) is 18.9. The van der Waals surface area contributed by atoms with E-state index in [4.69, 9.17) is 31.0 Å². The number of rotatable bonds is 7. The number of methoxy groups -OCH3 is 1. The molecule has 3 aromatic rings. The monoisotopic (exact) mass is 455 g/mol. The average Bonchev–Trinajstić information content (AvgIpc) is 2.82. The van der Waals surface area contributed by atoms with E-state index in [9.17, 15) is 4.79 Å². The van der Waals surface area contributed by atoms with Crippen molar-refractivity contribution in [2.24, 2.45) is 0 Å². The van der Waals surface area contributed by atoms with Crippen molar-refractivity contribution in [3.63, 3.8) is 0 Å². The summed E-state index contributed by atoms with van der Waals surface area (Å²) in [5, 5.41) is 4.85. The van der Waals surface area contributed by atoms with Gasteiger partial charge in [-0.05, 0) is 43.4 Å². The van der Waals surface area contributed by atoms with Crippen molar-refractivity contribution >= 4 is 40.2 Å². The molecule has 1 aliphatic heterocycles. The summed E-state index contributed by atoms with van der Waals surface area (Å²) in [4.78, 5) is 25.7. The Hall–Kier alpha value is -3.10. The van der Waals surface area contributed by atoms with E-state index in [2.05, 4.69) is 22.2 Å². The third-order valence-electron chi connectivity index (χ3n) is 5.35. The Morgan fingerprint density at radius 3 is 2.72 bits per heavy atom. The Balaban J connectivity index is 1.47. The molecular formula is C23H26ClN5O3. The highest BCUT2D eigenvalue weighted by molar-refractivity contribution is 6.31. The average molecular weight is 456 g/mol. The number of nitrogens with zero attached hydrogens (tertiary/aromatic N) is 4. The molecular weight excluding hydrogens is 430 g/mol. The first-order valence-corrected chi connectivity index (χ1v) is 10.9. The maximum absolute atomic E-state index is 11.7. The molecule has 0 atom stereocenters. The number of piperazine rings is 1. The maximum Gasteiger partial charge on any atom is 0.337 e. The minimum atomic E-state index is -0.394. The van der Waals surface area contributed by atoms with Crippen molar-refractivity contribution in [1.29, 1.82) is 0 Å². The van der Waals surface area contributed by atoms with Crippen LogP contribution in [0, 0.1) is 0 Å². The van der Waals surface area contributed by atoms with Gasteiger partial charge in [0.05, 0.1) is 24.7 Å². The molecule has 1 saturated heterocycles. The normalized spacial score (nSPS) is 14.4. The SMILES string of the molecule is COC(=O)c1cccc(OCCNc2nc(N3CCN(C)CC3)nc3ccc(Cl)cc23)c1. The fraction of sp³-hybridized carbons (Fsp3) is 0.348. The second-order valence-electron chi connectivity index (χ2n) is 7.62. The van der Waals surface area contributed by atoms with Crippen LogP contribution in [0.1, 0.15) is 10.4 Å². The fourth-order valence-corrected chi connectivity index (χ4v) is 3.71. The standard InChI is InChI=1S/C23H26ClN5O3/c1-28-9-11-29(12-10-28)23-26-20-7-6-17(24)15-19(20)21(27-23)25-8-13-32-18-5-3-4-16(14-18)22(30)31-2/h3-7,14-15H,8-13H2,1-2H3,(H,25,26,27). The molecule has 0 aliphatic carbocycles. The molecule has 1 aliphatic rings. The molecule has 1 N–H and O–H groups in total. The number of anilines is 2. The number of halogens is 1. The van der Waals surface area contributed by atoms with Crippen LogP contribution in [-0.4, -0.2) is 74.3 Å². The van der Waals surface area contributed by atoms with Gasteiger partial charge in [-0.3, -0.25) is 0 Å². The molecule has 8 nitrogen and oxygen atoms in total. The van der Waals surface area contributed by atoms with E-state index in [1.807, 2.05) is 18.2 Å². The van der Waals surface area contributed by atoms with E-state index in [1.165, 1.54) is 7.11 Å². The predicted molar refractivity (Wildman–Crippen MR) is 126 cm³/mol. The van der Waals surface area contributed by atoms with E-state index in [0.717, 1.165) is 42.9 Å². The van der Waals surface area contributed by atoms with Crippen LogP contribution in [0.3, 0.4) is 0 Å². The van der Waals surface area contributed by atoms with Crippen molar-refractivity contribution in [3.8, 4) is 5.75 Å². The number of hydrogen-bond donors (Lipinski definition) is 1. The third-order valence-corrected chi connectivity index (χ3v) is 5.59. The van der Waals surface area contributed by atoms with Crippen molar-refractivity contribution in [3.05, 3.63) is 53.1 Å². The van der Waals surface area contributed by atoms with E-state index in [-0.39, 0.29) is 0 Å². The molecule has 9 heteroatoms. The number of fused-ring (bicyclic) bond motifs is 1. The summed E-state index contributed by atoms with van der Waals surface area (Å²) >= 11 is 6.23. The molecule has 1 fully saturated rings. The largest absolute Gasteiger partial charge is 0.492 e. The van der Waals surface area contributed by atoms with Gasteiger partial charge in [0.15, 0.2) is 0 Å². The second kappa shape index (κ2) is 10.0. The van der Waals surface area contributed by atoms with Gasteiger partial charge >= 0.3 is 5.97 Å². The number of carbonyl (C=O) groups excluding carboxylic acids is 1. The molecule has 0 amide bonds. The second-order valence-corrected chi connectivity index (χ2v) is 8.06. The molecule has 0 spiro atoms. The lowest BCUT2D eigenvalue weighted by molar-refractivity contribution is 0.0600. The Morgan fingerprint density at radius 1 is 1.12 bits per heavy atom. The molecule has 2 aromatic carbocycles. The van der Waals surface area contributed by atoms with Gasteiger partial charge in [0.25, 0.3) is 0 Å². The number of carbonyl (C=O) groups is 1. The molecule has 0 radical (unpaired) electrons. The summed E-state index contributed by atoms with van der Waals surface area (Å²) in [7, 11) is 3.48. The number of nitrogens with one attached hydrogen (secondary N) is 1. The van der Waals surface area contributed by atoms with Crippen LogP contribution in [0.5, 0.6) is 5.75 Å². The molecule has 0 unspecified atom stereocenters. The van der Waals surface area contributed by atoms with E-state index >= 15 is 0 Å². The van der Waals surface area contributed by atoms with Gasteiger partial charge in [-0.25, -0.2) is 9.78 Å². The van der Waals surface area contributed by atoms with Crippen LogP contribution in [0.25, 0.3) is 10.9 Å². The number of esters is 1. The van der Waals surface area contributed by atoms with E-state index < -0.39 is 5.97 Å². The van der Waals surface area contributed by atoms with Crippen molar-refractivity contribution in [2.75, 3.05) is 63.7 Å². The number of hydrogen-bond acceptors (Lipinski definition) is 8. The highest BCUT2D eigenvalue weighted by Gasteiger charge is 2.18. The lowest BCUT2D eigenvalue weighted by Crippen LogP contribution is -2.45. The molecule has 2 heterocycles. The van der Waals surface area contributed by atoms with Crippen LogP contribution >= 0.6 is 11.6 Å². The number of aromatic nitrogens is 2. The first-order chi connectivity index (χ1) is 15.5. The zero-order valence-electron chi connectivity index (χ0n) is 18.2. The molecule has 0 saturated carbocycles. The number of likely N-dealkylation sites (N-methyl/N-ethyl adjacent to an activating group) is 1. The van der Waals surface area contributed by atoms with Gasteiger partial charge in [-0.1, -0.05) is 17.7 Å². The van der Waals surface area contributed by atoms with Crippen LogP contribution in [0.2, 0.25) is 5.02 Å². The van der Waals surface area contributed by atoms with Gasteiger partial charge in [-0.2, -0.15) is 4.98 Å². The van der Waals surface area contributed by atoms with Crippen LogP contribution in [0.15, 0.2) is 42.5 Å². The summed E-state index contributed by atoms with van der Waals surface area (Å²) in [6.45, 7) is 4.62. The molecule has 32 heavy (non-hydrogen) atoms. The van der Waals surface area contributed by atoms with Crippen molar-refractivity contribution in [2.45, 2.75) is 0 Å². The highest BCUT2D eigenvalue weighted by Crippen LogP contribution is 2.27. The van der Waals surface area contributed by atoms with Crippen molar-refractivity contribution < 1.29 is 14.3 Å². The van der Waals surface area contributed by atoms with Crippen molar-refractivity contribution in [1.82, 2.24) is 14.9 Å². The minimum Gasteiger partial charge on any atom is -0.492 e. The fourth-order valence-electron chi connectivity index (χ4n) is 3.54. The Bertz CT molecular complexity index is 1100. The summed E-state index contributed by atoms with van der Waals surface area (Å²) < 4.78 is 10.6. The molecule has 4 rings (SSSR count). The third kappa shape index (κ3) is 5.20. The number of benzene rings is 2. The van der Waals surface area contributed by atoms with Crippen LogP contribution in [0.4, 0.5) is 11.8 Å². The summed E-state index contributed by atoms with van der Waals surface area (Å²) in [6.07, 6.45) is 0. The summed E-state index contributed by atoms with van der Waals surface area (Å²) in [5.74, 6) is 1.64. The molecule has 168 valence electrons. The Morgan fingerprint density at radius 2 is 1.94 bits per heavy atom. The zero-order chi connectivity index (χ0) is 22.5. The minimum absolute atomic E-state index is 0.389. The van der Waals surface area contributed by atoms with Gasteiger partial charge in [0.1, 0.15) is 18.2 Å². The van der Waals surface area contributed by atoms with Gasteiger partial charge in [0, 0.05) is 36.6 Å². The van der Waals surface area contributed by atoms with Gasteiger partial charge < -0.3 is 24.6 Å². The lowest BCUT2D eigenvalue weighted by atomic mass is 10.2. The first kappa shape index (κ1) is 22.1. The summed E-state index contributed by atoms with van der Waals surface area (Å²) in [5.41, 5.74) is 1.29. The van der Waals surface area contributed by atoms with E-state index in [1.54, 1.807) is 24.3 Å². The lowest BCUT2D eigenvalue weighted by Gasteiger charge is -2.32. The smallest absolute Gasteiger partial charge is 0.337 e. The highest BCUT2D eigenvalue weighted by atomic mass is 35.5. The van der Waals surface area contributed by atoms with Gasteiger partial charge in [0.2, 0.25) is 5.95 Å². The van der Waals surface area contributed by atoms with E-state index in [0.29, 0.717) is 35.4 Å². The predicted octanol–water partition coefficient (Wildman–Crippen LogP) is 3.31. The van der Waals surface area contributed by atoms with Crippen LogP contribution < -0.4 is 15.0 Å². The Labute approximate surface area is 192 Å². The first-order valence-electron chi connectivity index (χ1n) is 10.5. The maximum atomic E-state index is 11.7. The van der Waals surface area contributed by atoms with Crippen LogP contribution in [-0.2, 0) is 4.74 Å². The molecule has 1 aromatic heterocycles. The summed E-state index contributed by atoms with van der Waals surface area (Å²) in [6, 6.07) is 12.5. The van der Waals surface area contributed by atoms with Gasteiger partial charge in [-0.15, -0.1) is 0 Å². The topological polar surface area (TPSA) is 79.8 Å². The number of ether oxygens (including phenoxy) is 2. The molecule has 0 bridgehead atoms. The Kier molecular flexibility index (Phi) is 6.92.